The predicted octanol–water partition coefficient (Wildman–Crippen LogP) is 2.72. The molecule has 7 N–H and O–H groups in total. The van der Waals surface area contributed by atoms with E-state index in [1.54, 1.807) is 0 Å². The Hall–Kier alpha value is -3.40. The number of hydrogen-bond donors (Lipinski definition) is 6. The number of nitrogens with two attached hydrogens (primary N) is 1. The highest BCUT2D eigenvalue weighted by Gasteiger charge is 2.33. The first-order chi connectivity index (χ1) is 18.3. The molecule has 216 valence electrons. The van der Waals surface area contributed by atoms with Gasteiger partial charge in [0.25, 0.3) is 0 Å². The summed E-state index contributed by atoms with van der Waals surface area (Å²) >= 11 is 0. The lowest BCUT2D eigenvalue weighted by Crippen LogP contribution is -2.59. The van der Waals surface area contributed by atoms with Gasteiger partial charge in [0.15, 0.2) is 0 Å². The second kappa shape index (κ2) is 14.7. The number of fused-ring (bicyclic) bond motifs is 1. The monoisotopic (exact) mass is 543 g/mol. The molecule has 10 heteroatoms. The van der Waals surface area contributed by atoms with E-state index in [0.717, 1.165) is 16.5 Å². The predicted molar refractivity (Wildman–Crippen MR) is 152 cm³/mol. The summed E-state index contributed by atoms with van der Waals surface area (Å²) in [6, 6.07) is 3.93. The van der Waals surface area contributed by atoms with Crippen LogP contribution in [0.5, 0.6) is 0 Å². The minimum atomic E-state index is -1.12. The van der Waals surface area contributed by atoms with Gasteiger partial charge in [0.1, 0.15) is 18.1 Å². The van der Waals surface area contributed by atoms with Gasteiger partial charge in [-0.05, 0) is 48.6 Å². The summed E-state index contributed by atoms with van der Waals surface area (Å²) in [5.74, 6) is -2.79. The fraction of sp³-hybridized carbons (Fsp3) is 0.586. The van der Waals surface area contributed by atoms with Gasteiger partial charge in [0.2, 0.25) is 17.7 Å². The van der Waals surface area contributed by atoms with Gasteiger partial charge in [-0.25, -0.2) is 4.79 Å². The molecule has 3 amide bonds. The Morgan fingerprint density at radius 3 is 2.05 bits per heavy atom. The Labute approximate surface area is 230 Å². The van der Waals surface area contributed by atoms with Gasteiger partial charge in [-0.2, -0.15) is 0 Å². The number of carbonyl (C=O) groups is 4. The molecule has 1 aromatic heterocycles. The number of H-pyrrole nitrogens is 1. The number of hydrogen-bond acceptors (Lipinski definition) is 5. The van der Waals surface area contributed by atoms with Crippen molar-refractivity contribution < 1.29 is 24.3 Å². The molecule has 0 aliphatic carbocycles. The van der Waals surface area contributed by atoms with Gasteiger partial charge >= 0.3 is 5.97 Å². The van der Waals surface area contributed by atoms with Crippen LogP contribution in [0, 0.1) is 17.8 Å². The first-order valence-corrected chi connectivity index (χ1v) is 13.8. The van der Waals surface area contributed by atoms with Crippen molar-refractivity contribution in [3.63, 3.8) is 0 Å². The number of aromatic amines is 1. The number of benzene rings is 1. The molecule has 1 heterocycles. The van der Waals surface area contributed by atoms with E-state index in [0.29, 0.717) is 12.8 Å². The molecule has 2 aromatic rings. The van der Waals surface area contributed by atoms with E-state index in [-0.39, 0.29) is 30.6 Å². The molecule has 0 aliphatic rings. The topological polar surface area (TPSA) is 166 Å². The molecule has 0 bridgehead atoms. The first kappa shape index (κ1) is 31.8. The lowest BCUT2D eigenvalue weighted by atomic mass is 9.95. The van der Waals surface area contributed by atoms with Gasteiger partial charge in [-0.3, -0.25) is 14.4 Å². The highest BCUT2D eigenvalue weighted by molar-refractivity contribution is 5.94. The number of carbonyl (C=O) groups excluding carboxylic acids is 3. The van der Waals surface area contributed by atoms with E-state index >= 15 is 0 Å². The molecule has 0 fully saturated rings. The van der Waals surface area contributed by atoms with Crippen LogP contribution in [0.1, 0.15) is 66.4 Å². The van der Waals surface area contributed by atoms with Gasteiger partial charge in [0.05, 0.1) is 6.04 Å². The molecule has 10 nitrogen and oxygen atoms in total. The Bertz CT molecular complexity index is 1130. The van der Waals surface area contributed by atoms with Crippen LogP contribution in [-0.2, 0) is 25.6 Å². The first-order valence-electron chi connectivity index (χ1n) is 13.8. The average molecular weight is 544 g/mol. The molecule has 0 spiro atoms. The number of rotatable bonds is 15. The zero-order valence-electron chi connectivity index (χ0n) is 23.9. The average Bonchev–Trinajstić information content (AvgIpc) is 3.27. The van der Waals surface area contributed by atoms with Crippen LogP contribution < -0.4 is 21.7 Å². The standard InChI is InChI=1S/C29H45N5O5/c1-7-18(6)25(28(37)33-24(29(38)39)13-17(4)5)34-27(36)23(12-16(2)3)32-26(35)21(30)14-19-15-31-22-11-9-8-10-20(19)22/h8-11,15-18,21,23-25,31H,7,12-14,30H2,1-6H3,(H,32,35)(H,33,37)(H,34,36)(H,38,39). The molecule has 0 saturated carbocycles. The molecular formula is C29H45N5O5. The molecular weight excluding hydrogens is 498 g/mol. The van der Waals surface area contributed by atoms with Crippen molar-refractivity contribution in [3.8, 4) is 0 Å². The van der Waals surface area contributed by atoms with Crippen molar-refractivity contribution in [3.05, 3.63) is 36.0 Å². The Morgan fingerprint density at radius 1 is 0.872 bits per heavy atom. The minimum Gasteiger partial charge on any atom is -0.480 e. The van der Waals surface area contributed by atoms with E-state index in [1.165, 1.54) is 0 Å². The van der Waals surface area contributed by atoms with Crippen LogP contribution in [0.3, 0.4) is 0 Å². The smallest absolute Gasteiger partial charge is 0.326 e. The largest absolute Gasteiger partial charge is 0.480 e. The van der Waals surface area contributed by atoms with Crippen LogP contribution in [-0.4, -0.2) is 57.9 Å². The lowest BCUT2D eigenvalue weighted by Gasteiger charge is -2.29. The number of aliphatic carboxylic acids is 1. The molecule has 2 rings (SSSR count). The second-order valence-electron chi connectivity index (χ2n) is 11.3. The van der Waals surface area contributed by atoms with Crippen molar-refractivity contribution in [2.24, 2.45) is 23.5 Å². The maximum Gasteiger partial charge on any atom is 0.326 e. The number of carboxylic acids is 1. The number of para-hydroxylation sites is 1. The van der Waals surface area contributed by atoms with E-state index in [9.17, 15) is 24.3 Å². The highest BCUT2D eigenvalue weighted by Crippen LogP contribution is 2.19. The normalized spacial score (nSPS) is 15.4. The van der Waals surface area contributed by atoms with Crippen molar-refractivity contribution in [1.82, 2.24) is 20.9 Å². The fourth-order valence-electron chi connectivity index (χ4n) is 4.52. The van der Waals surface area contributed by atoms with Crippen LogP contribution in [0.25, 0.3) is 10.9 Å². The van der Waals surface area contributed by atoms with E-state index in [4.69, 9.17) is 5.73 Å². The summed E-state index contributed by atoms with van der Waals surface area (Å²) in [5, 5.41) is 18.7. The van der Waals surface area contributed by atoms with Crippen molar-refractivity contribution in [1.29, 1.82) is 0 Å². The zero-order chi connectivity index (χ0) is 29.3. The summed E-state index contributed by atoms with van der Waals surface area (Å²) in [6.45, 7) is 11.3. The van der Waals surface area contributed by atoms with Crippen molar-refractivity contribution >= 4 is 34.6 Å². The molecule has 0 radical (unpaired) electrons. The maximum atomic E-state index is 13.4. The van der Waals surface area contributed by atoms with Gasteiger partial charge in [0, 0.05) is 17.1 Å². The van der Waals surface area contributed by atoms with Crippen LogP contribution in [0.2, 0.25) is 0 Å². The molecule has 39 heavy (non-hydrogen) atoms. The zero-order valence-corrected chi connectivity index (χ0v) is 23.9. The molecule has 0 aliphatic heterocycles. The summed E-state index contributed by atoms with van der Waals surface area (Å²) in [6.07, 6.45) is 3.31. The Morgan fingerprint density at radius 2 is 1.46 bits per heavy atom. The third-order valence-electron chi connectivity index (χ3n) is 6.91. The quantitative estimate of drug-likeness (QED) is 0.202. The van der Waals surface area contributed by atoms with Gasteiger partial charge < -0.3 is 31.8 Å². The SMILES string of the molecule is CCC(C)C(NC(=O)C(CC(C)C)NC(=O)C(N)Cc1c[nH]c2ccccc12)C(=O)NC(CC(C)C)C(=O)O. The number of aromatic nitrogens is 1. The van der Waals surface area contributed by atoms with Crippen molar-refractivity contribution in [2.75, 3.05) is 0 Å². The summed E-state index contributed by atoms with van der Waals surface area (Å²) < 4.78 is 0. The molecule has 5 unspecified atom stereocenters. The van der Waals surface area contributed by atoms with Gasteiger partial charge in [-0.15, -0.1) is 0 Å². The Balaban J connectivity index is 2.14. The summed E-state index contributed by atoms with van der Waals surface area (Å²) in [7, 11) is 0. The minimum absolute atomic E-state index is 0.0575. The fourth-order valence-corrected chi connectivity index (χ4v) is 4.52. The van der Waals surface area contributed by atoms with Crippen LogP contribution in [0.4, 0.5) is 0 Å². The highest BCUT2D eigenvalue weighted by atomic mass is 16.4. The third-order valence-corrected chi connectivity index (χ3v) is 6.91. The van der Waals surface area contributed by atoms with E-state index in [1.807, 2.05) is 72.0 Å². The van der Waals surface area contributed by atoms with Gasteiger partial charge in [-0.1, -0.05) is 66.2 Å². The Kier molecular flexibility index (Phi) is 12.0. The van der Waals surface area contributed by atoms with Crippen LogP contribution in [0.15, 0.2) is 30.5 Å². The molecule has 5 atom stereocenters. The van der Waals surface area contributed by atoms with E-state index in [2.05, 4.69) is 20.9 Å². The number of amides is 3. The third kappa shape index (κ3) is 9.38. The lowest BCUT2D eigenvalue weighted by molar-refractivity contribution is -0.143. The maximum absolute atomic E-state index is 13.4. The van der Waals surface area contributed by atoms with Crippen molar-refractivity contribution in [2.45, 2.75) is 91.4 Å². The molecule has 0 saturated heterocycles. The van der Waals surface area contributed by atoms with Crippen LogP contribution >= 0.6 is 0 Å². The number of nitrogens with one attached hydrogen (secondary N) is 4. The second-order valence-corrected chi connectivity index (χ2v) is 11.3. The molecule has 1 aromatic carbocycles. The summed E-state index contributed by atoms with van der Waals surface area (Å²) in [4.78, 5) is 54.5. The van der Waals surface area contributed by atoms with E-state index < -0.39 is 47.9 Å². The number of carboxylic acid groups (broad SMARTS) is 1. The summed E-state index contributed by atoms with van der Waals surface area (Å²) in [5.41, 5.74) is 8.10.